The van der Waals surface area contributed by atoms with Crippen LogP contribution in [0.4, 0.5) is 13.2 Å². The fourth-order valence-electron chi connectivity index (χ4n) is 2.53. The van der Waals surface area contributed by atoms with Crippen LogP contribution in [0.25, 0.3) is 0 Å². The highest BCUT2D eigenvalue weighted by molar-refractivity contribution is 9.09. The number of rotatable bonds is 3. The van der Waals surface area contributed by atoms with Crippen LogP contribution in [0.5, 0.6) is 0 Å². The number of halogens is 4. The summed E-state index contributed by atoms with van der Waals surface area (Å²) in [6.45, 7) is 1.91. The summed E-state index contributed by atoms with van der Waals surface area (Å²) in [6, 6.07) is 6.01. The number of aryl methyl sites for hydroxylation is 1. The minimum absolute atomic E-state index is 0.0176. The summed E-state index contributed by atoms with van der Waals surface area (Å²) in [6.07, 6.45) is -5.05. The van der Waals surface area contributed by atoms with E-state index in [1.807, 2.05) is 5.32 Å². The van der Waals surface area contributed by atoms with E-state index in [9.17, 15) is 22.8 Å². The average molecular weight is 436 g/mol. The van der Waals surface area contributed by atoms with Crippen molar-refractivity contribution < 1.29 is 22.8 Å². The molecule has 0 bridgehead atoms. The van der Waals surface area contributed by atoms with E-state index in [0.717, 1.165) is 22.2 Å². The first kappa shape index (κ1) is 18.2. The average Bonchev–Trinajstić information content (AvgIpc) is 3.05. The Kier molecular flexibility index (Phi) is 4.61. The Morgan fingerprint density at radius 2 is 2.08 bits per heavy atom. The topological polar surface area (TPSA) is 61.8 Å². The van der Waals surface area contributed by atoms with E-state index in [4.69, 9.17) is 0 Å². The van der Waals surface area contributed by atoms with Crippen LogP contribution < -0.4 is 5.32 Å². The summed E-state index contributed by atoms with van der Waals surface area (Å²) in [7, 11) is 0. The molecule has 1 fully saturated rings. The summed E-state index contributed by atoms with van der Waals surface area (Å²) in [5.74, 6) is -2.27. The van der Waals surface area contributed by atoms with Crippen molar-refractivity contribution in [3.05, 3.63) is 35.4 Å². The number of hydrogen-bond acceptors (Lipinski definition) is 4. The molecule has 2 heterocycles. The minimum atomic E-state index is -5.05. The predicted octanol–water partition coefficient (Wildman–Crippen LogP) is 2.69. The molecular formula is C15H13BrF3N3O2S. The van der Waals surface area contributed by atoms with Gasteiger partial charge in [0.2, 0.25) is 0 Å². The number of aliphatic imine (C=N–C) groups is 1. The number of carbonyl (C=O) groups excluding carboxylic acids is 2. The molecule has 0 aliphatic carbocycles. The molecule has 25 heavy (non-hydrogen) atoms. The van der Waals surface area contributed by atoms with Gasteiger partial charge in [0.1, 0.15) is 0 Å². The summed E-state index contributed by atoms with van der Waals surface area (Å²) < 4.78 is 41.1. The van der Waals surface area contributed by atoms with Gasteiger partial charge in [-0.15, -0.1) is 0 Å². The lowest BCUT2D eigenvalue weighted by molar-refractivity contribution is -0.196. The SMILES string of the molecule is Cc1ccc(C(=O)NC2(C(F)(F)F)N=C3SC(CBr)CN3C2=O)cc1. The van der Waals surface area contributed by atoms with E-state index < -0.39 is 23.7 Å². The van der Waals surface area contributed by atoms with Crippen LogP contribution in [0.15, 0.2) is 29.3 Å². The van der Waals surface area contributed by atoms with E-state index >= 15 is 0 Å². The molecule has 5 nitrogen and oxygen atoms in total. The summed E-state index contributed by atoms with van der Waals surface area (Å²) in [5, 5.41) is 2.25. The van der Waals surface area contributed by atoms with Gasteiger partial charge < -0.3 is 5.32 Å². The molecule has 2 amide bonds. The van der Waals surface area contributed by atoms with Crippen LogP contribution in [0.1, 0.15) is 15.9 Å². The highest BCUT2D eigenvalue weighted by Crippen LogP contribution is 2.42. The number of nitrogens with one attached hydrogen (secondary N) is 1. The normalized spacial score (nSPS) is 25.8. The monoisotopic (exact) mass is 435 g/mol. The van der Waals surface area contributed by atoms with Gasteiger partial charge in [0.25, 0.3) is 11.8 Å². The fourth-order valence-corrected chi connectivity index (χ4v) is 4.19. The van der Waals surface area contributed by atoms with E-state index in [0.29, 0.717) is 5.33 Å². The lowest BCUT2D eigenvalue weighted by Gasteiger charge is -2.29. The zero-order chi connectivity index (χ0) is 18.4. The third kappa shape index (κ3) is 3.05. The van der Waals surface area contributed by atoms with Crippen molar-refractivity contribution in [2.24, 2.45) is 4.99 Å². The Bertz CT molecular complexity index is 753. The summed E-state index contributed by atoms with van der Waals surface area (Å²) in [4.78, 5) is 29.3. The summed E-state index contributed by atoms with van der Waals surface area (Å²) >= 11 is 4.33. The maximum absolute atomic E-state index is 13.7. The molecular weight excluding hydrogens is 423 g/mol. The van der Waals surface area contributed by atoms with Gasteiger partial charge in [0, 0.05) is 22.7 Å². The molecule has 1 N–H and O–H groups in total. The Hall–Kier alpha value is -1.55. The maximum atomic E-state index is 13.7. The van der Waals surface area contributed by atoms with Crippen molar-refractivity contribution in [2.75, 3.05) is 11.9 Å². The largest absolute Gasteiger partial charge is 0.442 e. The highest BCUT2D eigenvalue weighted by atomic mass is 79.9. The van der Waals surface area contributed by atoms with Crippen molar-refractivity contribution in [3.63, 3.8) is 0 Å². The zero-order valence-electron chi connectivity index (χ0n) is 12.9. The Balaban J connectivity index is 1.94. The van der Waals surface area contributed by atoms with Crippen LogP contribution in [-0.2, 0) is 4.79 Å². The molecule has 0 spiro atoms. The Labute approximate surface area is 154 Å². The van der Waals surface area contributed by atoms with E-state index in [-0.39, 0.29) is 22.5 Å². The molecule has 2 aliphatic rings. The number of alkyl halides is 4. The standard InChI is InChI=1S/C15H13BrF3N3O2S/c1-8-2-4-9(5-3-8)11(23)20-14(15(17,18)19)12(24)22-7-10(6-16)25-13(22)21-14/h2-5,10H,6-7H2,1H3,(H,20,23). The van der Waals surface area contributed by atoms with Crippen LogP contribution >= 0.6 is 27.7 Å². The van der Waals surface area contributed by atoms with Crippen molar-refractivity contribution >= 4 is 44.7 Å². The second-order valence-electron chi connectivity index (χ2n) is 5.73. The Morgan fingerprint density at radius 3 is 2.60 bits per heavy atom. The quantitative estimate of drug-likeness (QED) is 0.742. The van der Waals surface area contributed by atoms with Crippen molar-refractivity contribution in [1.82, 2.24) is 10.2 Å². The van der Waals surface area contributed by atoms with Crippen molar-refractivity contribution in [3.8, 4) is 0 Å². The van der Waals surface area contributed by atoms with Gasteiger partial charge >= 0.3 is 11.8 Å². The first-order valence-corrected chi connectivity index (χ1v) is 9.28. The third-order valence-corrected chi connectivity index (χ3v) is 6.28. The fraction of sp³-hybridized carbons (Fsp3) is 0.400. The van der Waals surface area contributed by atoms with Gasteiger partial charge in [-0.25, -0.2) is 4.99 Å². The lowest BCUT2D eigenvalue weighted by Crippen LogP contribution is -2.63. The van der Waals surface area contributed by atoms with Gasteiger partial charge in [0.05, 0.1) is 0 Å². The van der Waals surface area contributed by atoms with Gasteiger partial charge in [-0.1, -0.05) is 45.4 Å². The molecule has 2 atom stereocenters. The molecule has 0 aromatic heterocycles. The maximum Gasteiger partial charge on any atom is 0.442 e. The number of benzene rings is 1. The lowest BCUT2D eigenvalue weighted by atomic mass is 10.1. The molecule has 0 saturated carbocycles. The number of nitrogens with zero attached hydrogens (tertiary/aromatic N) is 2. The van der Waals surface area contributed by atoms with E-state index in [1.54, 1.807) is 19.1 Å². The number of thioether (sulfide) groups is 1. The summed E-state index contributed by atoms with van der Waals surface area (Å²) in [5.41, 5.74) is -2.38. The Morgan fingerprint density at radius 1 is 1.44 bits per heavy atom. The smallest absolute Gasteiger partial charge is 0.312 e. The number of amides is 2. The molecule has 1 aromatic rings. The molecule has 134 valence electrons. The molecule has 2 aliphatic heterocycles. The molecule has 0 radical (unpaired) electrons. The van der Waals surface area contributed by atoms with Gasteiger partial charge in [0.15, 0.2) is 5.17 Å². The molecule has 10 heteroatoms. The molecule has 1 aromatic carbocycles. The third-order valence-electron chi connectivity index (χ3n) is 3.90. The number of carbonyl (C=O) groups is 2. The molecule has 2 unspecified atom stereocenters. The van der Waals surface area contributed by atoms with Crippen LogP contribution in [0.2, 0.25) is 0 Å². The zero-order valence-corrected chi connectivity index (χ0v) is 15.3. The van der Waals surface area contributed by atoms with Crippen LogP contribution in [-0.4, -0.2) is 50.8 Å². The number of hydrogen-bond donors (Lipinski definition) is 1. The molecule has 1 saturated heterocycles. The first-order valence-electron chi connectivity index (χ1n) is 7.28. The predicted molar refractivity (Wildman–Crippen MR) is 91.8 cm³/mol. The number of amidine groups is 1. The second kappa shape index (κ2) is 6.31. The minimum Gasteiger partial charge on any atom is -0.312 e. The van der Waals surface area contributed by atoms with Crippen LogP contribution in [0.3, 0.4) is 0 Å². The van der Waals surface area contributed by atoms with E-state index in [1.165, 1.54) is 12.1 Å². The number of fused-ring (bicyclic) bond motifs is 1. The van der Waals surface area contributed by atoms with Crippen LogP contribution in [0, 0.1) is 6.92 Å². The molecule has 3 rings (SSSR count). The van der Waals surface area contributed by atoms with Gasteiger partial charge in [-0.3, -0.25) is 14.5 Å². The van der Waals surface area contributed by atoms with Gasteiger partial charge in [-0.05, 0) is 19.1 Å². The second-order valence-corrected chi connectivity index (χ2v) is 7.65. The van der Waals surface area contributed by atoms with Crippen molar-refractivity contribution in [2.45, 2.75) is 24.0 Å². The van der Waals surface area contributed by atoms with Crippen molar-refractivity contribution in [1.29, 1.82) is 0 Å². The van der Waals surface area contributed by atoms with Gasteiger partial charge in [-0.2, -0.15) is 13.2 Å². The highest BCUT2D eigenvalue weighted by Gasteiger charge is 2.68. The first-order chi connectivity index (χ1) is 11.7. The van der Waals surface area contributed by atoms with E-state index in [2.05, 4.69) is 20.9 Å².